The Morgan fingerprint density at radius 1 is 1.55 bits per heavy atom. The highest BCUT2D eigenvalue weighted by atomic mass is 32.1. The van der Waals surface area contributed by atoms with Gasteiger partial charge in [0, 0.05) is 10.9 Å². The van der Waals surface area contributed by atoms with Crippen LogP contribution in [0, 0.1) is 0 Å². The molecule has 1 unspecified atom stereocenters. The van der Waals surface area contributed by atoms with Gasteiger partial charge in [0.25, 0.3) is 0 Å². The van der Waals surface area contributed by atoms with Crippen LogP contribution in [0.2, 0.25) is 0 Å². The largest absolute Gasteiger partial charge is 0.257 e. The first-order valence-corrected chi connectivity index (χ1v) is 4.39. The van der Waals surface area contributed by atoms with Crippen LogP contribution in [-0.2, 0) is 6.42 Å². The summed E-state index contributed by atoms with van der Waals surface area (Å²) in [6.45, 7) is 4.14. The predicted molar refractivity (Wildman–Crippen MR) is 51.0 cm³/mol. The van der Waals surface area contributed by atoms with Crippen LogP contribution in [0.3, 0.4) is 0 Å². The smallest absolute Gasteiger partial charge is 0.0531 e. The van der Waals surface area contributed by atoms with Crippen molar-refractivity contribution >= 4 is 12.6 Å². The molecule has 0 saturated carbocycles. The van der Waals surface area contributed by atoms with Gasteiger partial charge in [0.2, 0.25) is 0 Å². The van der Waals surface area contributed by atoms with Gasteiger partial charge in [-0.1, -0.05) is 13.0 Å². The van der Waals surface area contributed by atoms with E-state index in [-0.39, 0.29) is 5.25 Å². The van der Waals surface area contributed by atoms with Gasteiger partial charge in [-0.15, -0.1) is 0 Å². The van der Waals surface area contributed by atoms with E-state index >= 15 is 0 Å². The molecule has 1 atom stereocenters. The number of rotatable bonds is 2. The van der Waals surface area contributed by atoms with Crippen LogP contribution in [0.25, 0.3) is 0 Å². The van der Waals surface area contributed by atoms with E-state index in [1.807, 2.05) is 25.1 Å². The van der Waals surface area contributed by atoms with E-state index in [2.05, 4.69) is 24.5 Å². The Kier molecular flexibility index (Phi) is 2.94. The molecule has 1 nitrogen and oxygen atoms in total. The fraction of sp³-hybridized carbons (Fsp3) is 0.444. The van der Waals surface area contributed by atoms with Crippen LogP contribution in [0.5, 0.6) is 0 Å². The molecule has 1 rings (SSSR count). The first kappa shape index (κ1) is 8.60. The summed E-state index contributed by atoms with van der Waals surface area (Å²) in [6, 6.07) is 6.09. The molecule has 0 bridgehead atoms. The van der Waals surface area contributed by atoms with Gasteiger partial charge in [-0.3, -0.25) is 4.98 Å². The normalized spacial score (nSPS) is 13.0. The van der Waals surface area contributed by atoms with Crippen molar-refractivity contribution in [1.29, 1.82) is 0 Å². The fourth-order valence-electron chi connectivity index (χ4n) is 0.928. The molecule has 0 aliphatic heterocycles. The molecule has 2 heteroatoms. The third-order valence-corrected chi connectivity index (χ3v) is 1.88. The zero-order valence-corrected chi connectivity index (χ0v) is 7.81. The van der Waals surface area contributed by atoms with Crippen LogP contribution >= 0.6 is 12.6 Å². The summed E-state index contributed by atoms with van der Waals surface area (Å²) < 4.78 is 0. The first-order chi connectivity index (χ1) is 5.24. The fourth-order valence-corrected chi connectivity index (χ4v) is 1.07. The van der Waals surface area contributed by atoms with Gasteiger partial charge in [0.05, 0.1) is 5.69 Å². The number of hydrogen-bond acceptors (Lipinski definition) is 2. The predicted octanol–water partition coefficient (Wildman–Crippen LogP) is 2.63. The topological polar surface area (TPSA) is 12.9 Å². The Bertz CT molecular complexity index is 233. The lowest BCUT2D eigenvalue weighted by Gasteiger charge is -2.04. The van der Waals surface area contributed by atoms with E-state index in [4.69, 9.17) is 0 Å². The van der Waals surface area contributed by atoms with E-state index in [0.717, 1.165) is 17.8 Å². The van der Waals surface area contributed by atoms with Gasteiger partial charge in [-0.2, -0.15) is 12.6 Å². The summed E-state index contributed by atoms with van der Waals surface area (Å²) in [4.78, 5) is 4.41. The minimum atomic E-state index is 0.237. The van der Waals surface area contributed by atoms with Crippen LogP contribution in [0.4, 0.5) is 0 Å². The van der Waals surface area contributed by atoms with Crippen molar-refractivity contribution in [2.45, 2.75) is 25.5 Å². The second-order valence-electron chi connectivity index (χ2n) is 2.58. The van der Waals surface area contributed by atoms with Gasteiger partial charge >= 0.3 is 0 Å². The highest BCUT2D eigenvalue weighted by Gasteiger charge is 2.00. The highest BCUT2D eigenvalue weighted by molar-refractivity contribution is 7.80. The average Bonchev–Trinajstić information content (AvgIpc) is 2.05. The summed E-state index contributed by atoms with van der Waals surface area (Å²) in [5.74, 6) is 0. The number of aromatic nitrogens is 1. The molecule has 0 N–H and O–H groups in total. The molecule has 0 saturated heterocycles. The zero-order chi connectivity index (χ0) is 8.27. The molecule has 0 aliphatic rings. The number of thiol groups is 1. The Morgan fingerprint density at radius 3 is 2.82 bits per heavy atom. The molecule has 0 aromatic carbocycles. The van der Waals surface area contributed by atoms with E-state index in [0.29, 0.717) is 0 Å². The van der Waals surface area contributed by atoms with Crippen LogP contribution < -0.4 is 0 Å². The molecule has 1 heterocycles. The molecule has 0 amide bonds. The van der Waals surface area contributed by atoms with E-state index < -0.39 is 0 Å². The number of nitrogens with zero attached hydrogens (tertiary/aromatic N) is 1. The van der Waals surface area contributed by atoms with Crippen LogP contribution in [0.1, 0.15) is 30.5 Å². The van der Waals surface area contributed by atoms with Gasteiger partial charge in [0.15, 0.2) is 0 Å². The Morgan fingerprint density at radius 2 is 2.27 bits per heavy atom. The van der Waals surface area contributed by atoms with Crippen molar-refractivity contribution in [1.82, 2.24) is 4.98 Å². The average molecular weight is 167 g/mol. The maximum atomic E-state index is 4.41. The molecule has 1 aromatic rings. The summed E-state index contributed by atoms with van der Waals surface area (Å²) in [6.07, 6.45) is 0.994. The van der Waals surface area contributed by atoms with Gasteiger partial charge < -0.3 is 0 Å². The van der Waals surface area contributed by atoms with Crippen molar-refractivity contribution < 1.29 is 0 Å². The lowest BCUT2D eigenvalue weighted by atomic mass is 10.2. The molecule has 11 heavy (non-hydrogen) atoms. The second kappa shape index (κ2) is 3.77. The first-order valence-electron chi connectivity index (χ1n) is 3.88. The SMILES string of the molecule is CCc1cccc(C(C)S)n1. The Balaban J connectivity index is 2.91. The van der Waals surface area contributed by atoms with Crippen molar-refractivity contribution in [3.63, 3.8) is 0 Å². The monoisotopic (exact) mass is 167 g/mol. The molecular weight excluding hydrogens is 154 g/mol. The van der Waals surface area contributed by atoms with Gasteiger partial charge in [-0.05, 0) is 25.5 Å². The molecule has 60 valence electrons. The summed E-state index contributed by atoms with van der Waals surface area (Å²) >= 11 is 4.31. The van der Waals surface area contributed by atoms with Crippen molar-refractivity contribution in [2.24, 2.45) is 0 Å². The maximum Gasteiger partial charge on any atom is 0.0531 e. The highest BCUT2D eigenvalue weighted by Crippen LogP contribution is 2.16. The summed E-state index contributed by atoms with van der Waals surface area (Å²) in [5, 5.41) is 0.237. The standard InChI is InChI=1S/C9H13NS/c1-3-8-5-4-6-9(10-8)7(2)11/h4-7,11H,3H2,1-2H3. The number of aryl methyl sites for hydroxylation is 1. The Labute approximate surface area is 73.3 Å². The van der Waals surface area contributed by atoms with Crippen LogP contribution in [0.15, 0.2) is 18.2 Å². The zero-order valence-electron chi connectivity index (χ0n) is 6.91. The molecule has 0 aliphatic carbocycles. The number of pyridine rings is 1. The van der Waals surface area contributed by atoms with Crippen molar-refractivity contribution in [2.75, 3.05) is 0 Å². The van der Waals surface area contributed by atoms with Gasteiger partial charge in [0.1, 0.15) is 0 Å². The number of hydrogen-bond donors (Lipinski definition) is 1. The Hall–Kier alpha value is -0.500. The molecule has 0 fully saturated rings. The quantitative estimate of drug-likeness (QED) is 0.668. The summed E-state index contributed by atoms with van der Waals surface area (Å²) in [5.41, 5.74) is 2.20. The third-order valence-electron chi connectivity index (χ3n) is 1.62. The molecule has 1 aromatic heterocycles. The molecule has 0 spiro atoms. The molecule has 0 radical (unpaired) electrons. The summed E-state index contributed by atoms with van der Waals surface area (Å²) in [7, 11) is 0. The van der Waals surface area contributed by atoms with E-state index in [1.165, 1.54) is 0 Å². The second-order valence-corrected chi connectivity index (χ2v) is 3.36. The van der Waals surface area contributed by atoms with Gasteiger partial charge in [-0.25, -0.2) is 0 Å². The van der Waals surface area contributed by atoms with Crippen molar-refractivity contribution in [3.8, 4) is 0 Å². The molecular formula is C9H13NS. The van der Waals surface area contributed by atoms with Crippen molar-refractivity contribution in [3.05, 3.63) is 29.6 Å². The van der Waals surface area contributed by atoms with Crippen LogP contribution in [-0.4, -0.2) is 4.98 Å². The maximum absolute atomic E-state index is 4.41. The minimum Gasteiger partial charge on any atom is -0.257 e. The van der Waals surface area contributed by atoms with E-state index in [9.17, 15) is 0 Å². The lowest BCUT2D eigenvalue weighted by Crippen LogP contribution is -1.93. The third kappa shape index (κ3) is 2.22. The minimum absolute atomic E-state index is 0.237. The lowest BCUT2D eigenvalue weighted by molar-refractivity contribution is 0.945. The van der Waals surface area contributed by atoms with E-state index in [1.54, 1.807) is 0 Å².